The lowest BCUT2D eigenvalue weighted by Gasteiger charge is -2.51. The molecule has 0 radical (unpaired) electrons. The predicted molar refractivity (Wildman–Crippen MR) is 80.7 cm³/mol. The maximum Gasteiger partial charge on any atom is 0.0359 e. The summed E-state index contributed by atoms with van der Waals surface area (Å²) in [5, 5.41) is 0. The van der Waals surface area contributed by atoms with Crippen molar-refractivity contribution in [1.82, 2.24) is 4.90 Å². The summed E-state index contributed by atoms with van der Waals surface area (Å²) in [6.45, 7) is 12.5. The summed E-state index contributed by atoms with van der Waals surface area (Å²) >= 11 is 0. The molecule has 0 bridgehead atoms. The van der Waals surface area contributed by atoms with Gasteiger partial charge in [-0.05, 0) is 31.2 Å². The standard InChI is InChI=1S/C16H34N2/c1-5-14(4)12-18(7-3)16(13-17)11-9-8-10-15(16)6-2/h14-15H,5-13,17H2,1-4H3. The van der Waals surface area contributed by atoms with E-state index in [1.807, 2.05) is 0 Å². The lowest BCUT2D eigenvalue weighted by Crippen LogP contribution is -2.60. The van der Waals surface area contributed by atoms with Crippen molar-refractivity contribution in [2.24, 2.45) is 17.6 Å². The van der Waals surface area contributed by atoms with Gasteiger partial charge in [0.15, 0.2) is 0 Å². The Morgan fingerprint density at radius 2 is 2.00 bits per heavy atom. The Labute approximate surface area is 114 Å². The van der Waals surface area contributed by atoms with Crippen LogP contribution in [0.3, 0.4) is 0 Å². The van der Waals surface area contributed by atoms with Crippen LogP contribution in [0.1, 0.15) is 66.2 Å². The third-order valence-corrected chi connectivity index (χ3v) is 5.26. The first kappa shape index (κ1) is 16.0. The van der Waals surface area contributed by atoms with E-state index in [9.17, 15) is 0 Å². The predicted octanol–water partition coefficient (Wildman–Crippen LogP) is 3.65. The zero-order chi connectivity index (χ0) is 13.6. The van der Waals surface area contributed by atoms with Gasteiger partial charge >= 0.3 is 0 Å². The number of nitrogens with two attached hydrogens (primary N) is 1. The fraction of sp³-hybridized carbons (Fsp3) is 1.00. The number of rotatable bonds is 7. The number of likely N-dealkylation sites (N-methyl/N-ethyl adjacent to an activating group) is 1. The molecule has 1 aliphatic carbocycles. The van der Waals surface area contributed by atoms with Crippen LogP contribution in [0.2, 0.25) is 0 Å². The molecule has 0 aromatic carbocycles. The van der Waals surface area contributed by atoms with Gasteiger partial charge in [0, 0.05) is 18.6 Å². The van der Waals surface area contributed by atoms with Crippen molar-refractivity contribution in [2.75, 3.05) is 19.6 Å². The van der Waals surface area contributed by atoms with Crippen LogP contribution in [0.5, 0.6) is 0 Å². The van der Waals surface area contributed by atoms with Gasteiger partial charge < -0.3 is 5.73 Å². The highest BCUT2D eigenvalue weighted by molar-refractivity contribution is 4.99. The Kier molecular flexibility index (Phi) is 6.65. The monoisotopic (exact) mass is 254 g/mol. The molecule has 0 aromatic rings. The zero-order valence-electron chi connectivity index (χ0n) is 13.0. The molecule has 108 valence electrons. The minimum Gasteiger partial charge on any atom is -0.329 e. The highest BCUT2D eigenvalue weighted by Gasteiger charge is 2.42. The summed E-state index contributed by atoms with van der Waals surface area (Å²) in [7, 11) is 0. The largest absolute Gasteiger partial charge is 0.329 e. The van der Waals surface area contributed by atoms with E-state index in [2.05, 4.69) is 32.6 Å². The van der Waals surface area contributed by atoms with Crippen molar-refractivity contribution in [3.63, 3.8) is 0 Å². The van der Waals surface area contributed by atoms with Crippen molar-refractivity contribution in [3.05, 3.63) is 0 Å². The summed E-state index contributed by atoms with van der Waals surface area (Å²) in [4.78, 5) is 2.72. The highest BCUT2D eigenvalue weighted by atomic mass is 15.2. The summed E-state index contributed by atoms with van der Waals surface area (Å²) < 4.78 is 0. The van der Waals surface area contributed by atoms with Gasteiger partial charge in [0.2, 0.25) is 0 Å². The van der Waals surface area contributed by atoms with E-state index in [0.29, 0.717) is 5.54 Å². The third kappa shape index (κ3) is 3.27. The van der Waals surface area contributed by atoms with Crippen molar-refractivity contribution in [1.29, 1.82) is 0 Å². The second kappa shape index (κ2) is 7.49. The average molecular weight is 254 g/mol. The Balaban J connectivity index is 2.86. The first-order chi connectivity index (χ1) is 8.64. The molecule has 3 atom stereocenters. The number of hydrogen-bond donors (Lipinski definition) is 1. The van der Waals surface area contributed by atoms with E-state index in [1.54, 1.807) is 0 Å². The van der Waals surface area contributed by atoms with Crippen LogP contribution in [0.4, 0.5) is 0 Å². The third-order valence-electron chi connectivity index (χ3n) is 5.26. The van der Waals surface area contributed by atoms with Crippen LogP contribution < -0.4 is 5.73 Å². The maximum absolute atomic E-state index is 6.26. The van der Waals surface area contributed by atoms with Gasteiger partial charge in [-0.3, -0.25) is 4.90 Å². The second-order valence-electron chi connectivity index (χ2n) is 6.21. The molecule has 1 rings (SSSR count). The Morgan fingerprint density at radius 1 is 1.28 bits per heavy atom. The first-order valence-electron chi connectivity index (χ1n) is 8.09. The van der Waals surface area contributed by atoms with Crippen LogP contribution in [0.15, 0.2) is 0 Å². The van der Waals surface area contributed by atoms with Gasteiger partial charge in [-0.25, -0.2) is 0 Å². The van der Waals surface area contributed by atoms with Crippen LogP contribution in [0, 0.1) is 11.8 Å². The lowest BCUT2D eigenvalue weighted by atomic mass is 9.70. The summed E-state index contributed by atoms with van der Waals surface area (Å²) in [5.41, 5.74) is 6.55. The lowest BCUT2D eigenvalue weighted by molar-refractivity contribution is -0.00160. The smallest absolute Gasteiger partial charge is 0.0359 e. The van der Waals surface area contributed by atoms with Crippen LogP contribution in [0.25, 0.3) is 0 Å². The van der Waals surface area contributed by atoms with Gasteiger partial charge in [-0.2, -0.15) is 0 Å². The van der Waals surface area contributed by atoms with Crippen LogP contribution in [-0.4, -0.2) is 30.1 Å². The Hall–Kier alpha value is -0.0800. The SMILES string of the molecule is CCC(C)CN(CC)C1(CN)CCCCC1CC. The molecule has 0 spiro atoms. The molecule has 1 fully saturated rings. The zero-order valence-corrected chi connectivity index (χ0v) is 13.0. The Morgan fingerprint density at radius 3 is 2.50 bits per heavy atom. The maximum atomic E-state index is 6.26. The van der Waals surface area contributed by atoms with Crippen molar-refractivity contribution in [2.45, 2.75) is 71.8 Å². The van der Waals surface area contributed by atoms with Crippen LogP contribution >= 0.6 is 0 Å². The molecule has 18 heavy (non-hydrogen) atoms. The van der Waals surface area contributed by atoms with Gasteiger partial charge in [0.05, 0.1) is 0 Å². The number of hydrogen-bond acceptors (Lipinski definition) is 2. The van der Waals surface area contributed by atoms with Gasteiger partial charge in [0.25, 0.3) is 0 Å². The highest BCUT2D eigenvalue weighted by Crippen LogP contribution is 2.40. The molecule has 2 N–H and O–H groups in total. The van der Waals surface area contributed by atoms with Crippen molar-refractivity contribution in [3.8, 4) is 0 Å². The summed E-state index contributed by atoms with van der Waals surface area (Å²) in [6, 6.07) is 0. The molecule has 2 heteroatoms. The topological polar surface area (TPSA) is 29.3 Å². The summed E-state index contributed by atoms with van der Waals surface area (Å²) in [5.74, 6) is 1.59. The van der Waals surface area contributed by atoms with Gasteiger partial charge in [0.1, 0.15) is 0 Å². The Bertz CT molecular complexity index is 229. The van der Waals surface area contributed by atoms with Gasteiger partial charge in [-0.1, -0.05) is 53.4 Å². The molecule has 0 amide bonds. The summed E-state index contributed by atoms with van der Waals surface area (Å²) in [6.07, 6.45) is 8.02. The van der Waals surface area contributed by atoms with Crippen molar-refractivity contribution < 1.29 is 0 Å². The second-order valence-corrected chi connectivity index (χ2v) is 6.21. The quantitative estimate of drug-likeness (QED) is 0.751. The molecule has 0 aliphatic heterocycles. The van der Waals surface area contributed by atoms with Gasteiger partial charge in [-0.15, -0.1) is 0 Å². The molecule has 3 unspecified atom stereocenters. The molecular weight excluding hydrogens is 220 g/mol. The average Bonchev–Trinajstić information content (AvgIpc) is 2.44. The molecule has 1 saturated carbocycles. The first-order valence-corrected chi connectivity index (χ1v) is 8.09. The minimum absolute atomic E-state index is 0.297. The molecule has 1 aliphatic rings. The molecule has 0 aromatic heterocycles. The van der Waals surface area contributed by atoms with E-state index >= 15 is 0 Å². The van der Waals surface area contributed by atoms with E-state index in [4.69, 9.17) is 5.73 Å². The molecule has 0 heterocycles. The van der Waals surface area contributed by atoms with E-state index in [0.717, 1.165) is 24.9 Å². The molecule has 0 saturated heterocycles. The van der Waals surface area contributed by atoms with E-state index < -0.39 is 0 Å². The van der Waals surface area contributed by atoms with E-state index in [1.165, 1.54) is 45.1 Å². The fourth-order valence-electron chi connectivity index (χ4n) is 3.82. The van der Waals surface area contributed by atoms with E-state index in [-0.39, 0.29) is 0 Å². The molecule has 2 nitrogen and oxygen atoms in total. The normalized spacial score (nSPS) is 30.7. The minimum atomic E-state index is 0.297. The molecular formula is C16H34N2. The van der Waals surface area contributed by atoms with Crippen molar-refractivity contribution >= 4 is 0 Å². The fourth-order valence-corrected chi connectivity index (χ4v) is 3.82. The number of nitrogens with zero attached hydrogens (tertiary/aromatic N) is 1. The van der Waals surface area contributed by atoms with Crippen LogP contribution in [-0.2, 0) is 0 Å².